The summed E-state index contributed by atoms with van der Waals surface area (Å²) in [6.07, 6.45) is 1.86. The van der Waals surface area contributed by atoms with Crippen molar-refractivity contribution in [1.29, 1.82) is 0 Å². The molecule has 1 amide bonds. The molecular formula is C21H23N3O3. The second kappa shape index (κ2) is 7.31. The Morgan fingerprint density at radius 2 is 2.11 bits per heavy atom. The van der Waals surface area contributed by atoms with Gasteiger partial charge in [-0.25, -0.2) is 4.98 Å². The van der Waals surface area contributed by atoms with Gasteiger partial charge in [0.15, 0.2) is 11.5 Å². The highest BCUT2D eigenvalue weighted by atomic mass is 16.5. The molecule has 1 saturated heterocycles. The first-order valence-corrected chi connectivity index (χ1v) is 9.27. The lowest BCUT2D eigenvalue weighted by Gasteiger charge is -2.23. The molecule has 1 aliphatic rings. The lowest BCUT2D eigenvalue weighted by molar-refractivity contribution is 0.0730. The Morgan fingerprint density at radius 1 is 1.26 bits per heavy atom. The topological polar surface area (TPSA) is 67.5 Å². The molecule has 2 heterocycles. The van der Waals surface area contributed by atoms with E-state index in [0.29, 0.717) is 23.7 Å². The summed E-state index contributed by atoms with van der Waals surface area (Å²) in [5.41, 5.74) is 2.52. The summed E-state index contributed by atoms with van der Waals surface area (Å²) in [6, 6.07) is 13.2. The highest BCUT2D eigenvalue weighted by Crippen LogP contribution is 2.34. The molecule has 140 valence electrons. The molecular weight excluding hydrogens is 342 g/mol. The fourth-order valence-corrected chi connectivity index (χ4v) is 3.67. The van der Waals surface area contributed by atoms with E-state index < -0.39 is 0 Å². The number of imidazole rings is 1. The molecule has 0 aliphatic carbocycles. The molecule has 1 N–H and O–H groups in total. The minimum atomic E-state index is -0.0393. The Balaban J connectivity index is 1.63. The largest absolute Gasteiger partial charge is 0.493 e. The van der Waals surface area contributed by atoms with Gasteiger partial charge in [0.2, 0.25) is 0 Å². The van der Waals surface area contributed by atoms with Crippen LogP contribution in [-0.2, 0) is 0 Å². The van der Waals surface area contributed by atoms with Crippen molar-refractivity contribution in [1.82, 2.24) is 14.9 Å². The number of likely N-dealkylation sites (tertiary alicyclic amines) is 1. The lowest BCUT2D eigenvalue weighted by Crippen LogP contribution is -2.31. The maximum absolute atomic E-state index is 13.2. The number of fused-ring (bicyclic) bond motifs is 1. The molecule has 2 aromatic carbocycles. The van der Waals surface area contributed by atoms with E-state index in [1.165, 1.54) is 0 Å². The number of nitrogens with zero attached hydrogens (tertiary/aromatic N) is 2. The average molecular weight is 365 g/mol. The monoisotopic (exact) mass is 365 g/mol. The van der Waals surface area contributed by atoms with Crippen LogP contribution in [0.1, 0.15) is 42.0 Å². The van der Waals surface area contributed by atoms with Crippen molar-refractivity contribution >= 4 is 16.9 Å². The van der Waals surface area contributed by atoms with Gasteiger partial charge in [-0.05, 0) is 50.1 Å². The minimum absolute atomic E-state index is 0.0124. The van der Waals surface area contributed by atoms with Gasteiger partial charge in [-0.2, -0.15) is 0 Å². The molecule has 1 atom stereocenters. The van der Waals surface area contributed by atoms with Crippen LogP contribution in [-0.4, -0.2) is 41.0 Å². The number of ether oxygens (including phenoxy) is 2. The molecule has 4 rings (SSSR count). The quantitative estimate of drug-likeness (QED) is 0.743. The van der Waals surface area contributed by atoms with Crippen molar-refractivity contribution in [2.24, 2.45) is 0 Å². The van der Waals surface area contributed by atoms with E-state index in [-0.39, 0.29) is 11.9 Å². The summed E-state index contributed by atoms with van der Waals surface area (Å²) < 4.78 is 10.9. The molecule has 3 aromatic rings. The fraction of sp³-hybridized carbons (Fsp3) is 0.333. The third-order valence-electron chi connectivity index (χ3n) is 4.95. The Hall–Kier alpha value is -3.02. The molecule has 0 spiro atoms. The number of carbonyl (C=O) groups is 1. The van der Waals surface area contributed by atoms with E-state index in [1.807, 2.05) is 36.1 Å². The Kier molecular flexibility index (Phi) is 4.71. The highest BCUT2D eigenvalue weighted by Gasteiger charge is 2.33. The average Bonchev–Trinajstić information content (AvgIpc) is 3.34. The molecule has 0 radical (unpaired) electrons. The van der Waals surface area contributed by atoms with Gasteiger partial charge in [-0.1, -0.05) is 12.1 Å². The highest BCUT2D eigenvalue weighted by molar-refractivity contribution is 5.95. The fourth-order valence-electron chi connectivity index (χ4n) is 3.67. The van der Waals surface area contributed by atoms with Crippen LogP contribution < -0.4 is 9.47 Å². The Labute approximate surface area is 158 Å². The first-order valence-electron chi connectivity index (χ1n) is 9.27. The van der Waals surface area contributed by atoms with E-state index in [4.69, 9.17) is 14.5 Å². The van der Waals surface area contributed by atoms with Crippen LogP contribution in [0, 0.1) is 0 Å². The van der Waals surface area contributed by atoms with Gasteiger partial charge in [-0.15, -0.1) is 0 Å². The SMILES string of the molecule is CCOc1cc(C(=O)N2CCC[C@H]2c2nc3ccccc3[nH]2)ccc1OC. The van der Waals surface area contributed by atoms with Crippen LogP contribution in [0.25, 0.3) is 11.0 Å². The first-order chi connectivity index (χ1) is 13.2. The molecule has 0 saturated carbocycles. The van der Waals surface area contributed by atoms with Gasteiger partial charge in [0.1, 0.15) is 5.82 Å². The van der Waals surface area contributed by atoms with Gasteiger partial charge >= 0.3 is 0 Å². The normalized spacial score (nSPS) is 16.7. The number of amides is 1. The zero-order chi connectivity index (χ0) is 18.8. The van der Waals surface area contributed by atoms with Crippen LogP contribution in [0.3, 0.4) is 0 Å². The predicted molar refractivity (Wildman–Crippen MR) is 103 cm³/mol. The standard InChI is InChI=1S/C21H23N3O3/c1-3-27-19-13-14(10-11-18(19)26-2)21(25)24-12-6-9-17(24)20-22-15-7-4-5-8-16(15)23-20/h4-5,7-8,10-11,13,17H,3,6,9,12H2,1-2H3,(H,22,23)/t17-/m0/s1. The minimum Gasteiger partial charge on any atom is -0.493 e. The predicted octanol–water partition coefficient (Wildman–Crippen LogP) is 3.95. The van der Waals surface area contributed by atoms with Gasteiger partial charge in [-0.3, -0.25) is 4.79 Å². The van der Waals surface area contributed by atoms with E-state index in [2.05, 4.69) is 4.98 Å². The van der Waals surface area contributed by atoms with Gasteiger partial charge in [0.05, 0.1) is 30.8 Å². The number of hydrogen-bond donors (Lipinski definition) is 1. The molecule has 1 fully saturated rings. The van der Waals surface area contributed by atoms with Crippen LogP contribution in [0.5, 0.6) is 11.5 Å². The zero-order valence-corrected chi connectivity index (χ0v) is 15.6. The van der Waals surface area contributed by atoms with Crippen LogP contribution in [0.2, 0.25) is 0 Å². The van der Waals surface area contributed by atoms with E-state index in [1.54, 1.807) is 25.3 Å². The Morgan fingerprint density at radius 3 is 2.89 bits per heavy atom. The van der Waals surface area contributed by atoms with Crippen LogP contribution in [0.15, 0.2) is 42.5 Å². The molecule has 0 bridgehead atoms. The van der Waals surface area contributed by atoms with Crippen molar-refractivity contribution in [3.63, 3.8) is 0 Å². The summed E-state index contributed by atoms with van der Waals surface area (Å²) in [4.78, 5) is 23.2. The van der Waals surface area contributed by atoms with Crippen LogP contribution >= 0.6 is 0 Å². The van der Waals surface area contributed by atoms with E-state index in [0.717, 1.165) is 36.2 Å². The van der Waals surface area contributed by atoms with Gasteiger partial charge in [0.25, 0.3) is 5.91 Å². The summed E-state index contributed by atoms with van der Waals surface area (Å²) in [5, 5.41) is 0. The van der Waals surface area contributed by atoms with Crippen molar-refractivity contribution in [2.45, 2.75) is 25.8 Å². The first kappa shape index (κ1) is 17.4. The number of hydrogen-bond acceptors (Lipinski definition) is 4. The van der Waals surface area contributed by atoms with Crippen molar-refractivity contribution < 1.29 is 14.3 Å². The third-order valence-corrected chi connectivity index (χ3v) is 4.95. The number of para-hydroxylation sites is 2. The number of benzene rings is 2. The number of rotatable bonds is 5. The number of aromatic amines is 1. The summed E-state index contributed by atoms with van der Waals surface area (Å²) in [6.45, 7) is 3.14. The van der Waals surface area contributed by atoms with E-state index in [9.17, 15) is 4.79 Å². The maximum Gasteiger partial charge on any atom is 0.254 e. The van der Waals surface area contributed by atoms with Gasteiger partial charge < -0.3 is 19.4 Å². The summed E-state index contributed by atoms with van der Waals surface area (Å²) in [5.74, 6) is 2.05. The van der Waals surface area contributed by atoms with Crippen LogP contribution in [0.4, 0.5) is 0 Å². The number of methoxy groups -OCH3 is 1. The molecule has 1 aliphatic heterocycles. The van der Waals surface area contributed by atoms with E-state index >= 15 is 0 Å². The second-order valence-electron chi connectivity index (χ2n) is 6.59. The number of aromatic nitrogens is 2. The molecule has 1 aromatic heterocycles. The molecule has 6 nitrogen and oxygen atoms in total. The number of carbonyl (C=O) groups excluding carboxylic acids is 1. The van der Waals surface area contributed by atoms with Crippen molar-refractivity contribution in [3.05, 3.63) is 53.9 Å². The number of nitrogens with one attached hydrogen (secondary N) is 1. The smallest absolute Gasteiger partial charge is 0.254 e. The third kappa shape index (κ3) is 3.23. The maximum atomic E-state index is 13.2. The molecule has 0 unspecified atom stereocenters. The molecule has 27 heavy (non-hydrogen) atoms. The second-order valence-corrected chi connectivity index (χ2v) is 6.59. The van der Waals surface area contributed by atoms with Gasteiger partial charge in [0, 0.05) is 12.1 Å². The van der Waals surface area contributed by atoms with Crippen molar-refractivity contribution in [2.75, 3.05) is 20.3 Å². The zero-order valence-electron chi connectivity index (χ0n) is 15.6. The summed E-state index contributed by atoms with van der Waals surface area (Å²) in [7, 11) is 1.59. The summed E-state index contributed by atoms with van der Waals surface area (Å²) >= 11 is 0. The number of H-pyrrole nitrogens is 1. The Bertz CT molecular complexity index is 933. The molecule has 6 heteroatoms. The van der Waals surface area contributed by atoms with Crippen molar-refractivity contribution in [3.8, 4) is 11.5 Å². The lowest BCUT2D eigenvalue weighted by atomic mass is 10.1.